The van der Waals surface area contributed by atoms with Crippen molar-refractivity contribution >= 4 is 23.7 Å². The predicted octanol–water partition coefficient (Wildman–Crippen LogP) is 1.31. The molecule has 0 spiro atoms. The second kappa shape index (κ2) is 12.7. The van der Waals surface area contributed by atoms with Gasteiger partial charge in [0, 0.05) is 13.2 Å². The minimum absolute atomic E-state index is 0.0734. The molecular weight excluding hydrogens is 402 g/mol. The second-order valence-electron chi connectivity index (χ2n) is 7.82. The molecule has 1 aliphatic heterocycles. The molecule has 9 heteroatoms. The van der Waals surface area contributed by atoms with Crippen LogP contribution in [0.15, 0.2) is 30.3 Å². The molecular formula is C22H31N3O6. The van der Waals surface area contributed by atoms with E-state index in [9.17, 15) is 19.2 Å². The first-order chi connectivity index (χ1) is 14.9. The van der Waals surface area contributed by atoms with Gasteiger partial charge in [0.2, 0.25) is 11.7 Å². The van der Waals surface area contributed by atoms with Gasteiger partial charge in [0.05, 0.1) is 12.6 Å². The number of rotatable bonds is 7. The molecule has 0 aromatic heterocycles. The Labute approximate surface area is 182 Å². The largest absolute Gasteiger partial charge is 0.445 e. The van der Waals surface area contributed by atoms with Crippen LogP contribution in [0.25, 0.3) is 0 Å². The first-order valence-corrected chi connectivity index (χ1v) is 10.5. The van der Waals surface area contributed by atoms with Gasteiger partial charge in [-0.1, -0.05) is 44.2 Å². The van der Waals surface area contributed by atoms with Crippen LogP contribution >= 0.6 is 0 Å². The summed E-state index contributed by atoms with van der Waals surface area (Å²) in [6.45, 7) is 4.89. The lowest BCUT2D eigenvalue weighted by molar-refractivity contribution is -0.140. The molecule has 1 aromatic rings. The smallest absolute Gasteiger partial charge is 0.408 e. The van der Waals surface area contributed by atoms with Crippen molar-refractivity contribution in [3.05, 3.63) is 35.9 Å². The Balaban J connectivity index is 1.98. The topological polar surface area (TPSA) is 123 Å². The van der Waals surface area contributed by atoms with Crippen LogP contribution in [-0.4, -0.2) is 55.5 Å². The fraction of sp³-hybridized carbons (Fsp3) is 0.545. The van der Waals surface area contributed by atoms with E-state index in [0.717, 1.165) is 5.56 Å². The number of carbonyl (C=O) groups excluding carboxylic acids is 4. The van der Waals surface area contributed by atoms with Gasteiger partial charge in [-0.3, -0.25) is 14.4 Å². The van der Waals surface area contributed by atoms with Crippen molar-refractivity contribution in [2.24, 2.45) is 5.92 Å². The monoisotopic (exact) mass is 433 g/mol. The third-order valence-electron chi connectivity index (χ3n) is 4.70. The zero-order chi connectivity index (χ0) is 22.6. The van der Waals surface area contributed by atoms with E-state index in [1.807, 2.05) is 44.2 Å². The summed E-state index contributed by atoms with van der Waals surface area (Å²) in [6, 6.07) is 7.30. The van der Waals surface area contributed by atoms with E-state index < -0.39 is 35.8 Å². The number of benzene rings is 1. The minimum atomic E-state index is -0.981. The van der Waals surface area contributed by atoms with Gasteiger partial charge in [0.15, 0.2) is 0 Å². The zero-order valence-corrected chi connectivity index (χ0v) is 18.0. The van der Waals surface area contributed by atoms with Crippen molar-refractivity contribution in [3.8, 4) is 0 Å². The zero-order valence-electron chi connectivity index (χ0n) is 18.0. The molecule has 2 unspecified atom stereocenters. The SMILES string of the molecule is CC(C)CC(NC(=O)OCc1ccccc1)C(=O)NC1CCCOCCNC(=O)C1=O. The molecule has 3 amide bonds. The summed E-state index contributed by atoms with van der Waals surface area (Å²) >= 11 is 0. The minimum Gasteiger partial charge on any atom is -0.445 e. The molecule has 9 nitrogen and oxygen atoms in total. The Kier molecular flexibility index (Phi) is 9.96. The molecule has 31 heavy (non-hydrogen) atoms. The molecule has 3 N–H and O–H groups in total. The first kappa shape index (κ1) is 24.3. The second-order valence-corrected chi connectivity index (χ2v) is 7.82. The van der Waals surface area contributed by atoms with Gasteiger partial charge in [-0.05, 0) is 30.7 Å². The molecule has 2 atom stereocenters. The van der Waals surface area contributed by atoms with Crippen LogP contribution in [0.1, 0.15) is 38.7 Å². The van der Waals surface area contributed by atoms with Crippen LogP contribution in [0.3, 0.4) is 0 Å². The number of hydrogen-bond acceptors (Lipinski definition) is 6. The third-order valence-corrected chi connectivity index (χ3v) is 4.70. The lowest BCUT2D eigenvalue weighted by atomic mass is 10.0. The number of carbonyl (C=O) groups is 4. The molecule has 0 bridgehead atoms. The summed E-state index contributed by atoms with van der Waals surface area (Å²) in [4.78, 5) is 49.6. The lowest BCUT2D eigenvalue weighted by Crippen LogP contribution is -2.54. The van der Waals surface area contributed by atoms with Crippen LogP contribution in [0.2, 0.25) is 0 Å². The van der Waals surface area contributed by atoms with Gasteiger partial charge in [-0.25, -0.2) is 4.79 Å². The van der Waals surface area contributed by atoms with E-state index in [2.05, 4.69) is 16.0 Å². The lowest BCUT2D eigenvalue weighted by Gasteiger charge is -2.24. The van der Waals surface area contributed by atoms with Crippen LogP contribution in [0.5, 0.6) is 0 Å². The standard InChI is InChI=1S/C22H31N3O6/c1-15(2)13-18(25-22(29)31-14-16-7-4-3-5-8-16)20(27)24-17-9-6-11-30-12-10-23-21(28)19(17)26/h3-5,7-8,15,17-18H,6,9-14H2,1-2H3,(H,23,28)(H,24,27)(H,25,29). The summed E-state index contributed by atoms with van der Waals surface area (Å²) < 4.78 is 10.6. The summed E-state index contributed by atoms with van der Waals surface area (Å²) in [7, 11) is 0. The molecule has 0 radical (unpaired) electrons. The highest BCUT2D eigenvalue weighted by molar-refractivity contribution is 6.38. The number of ketones is 1. The van der Waals surface area contributed by atoms with Crippen LogP contribution in [0, 0.1) is 5.92 Å². The third kappa shape index (κ3) is 8.75. The molecule has 0 saturated carbocycles. The highest BCUT2D eigenvalue weighted by Gasteiger charge is 2.30. The Morgan fingerprint density at radius 2 is 1.94 bits per heavy atom. The van der Waals surface area contributed by atoms with Gasteiger partial charge >= 0.3 is 6.09 Å². The Hall–Kier alpha value is -2.94. The molecule has 170 valence electrons. The molecule has 1 saturated heterocycles. The molecule has 2 rings (SSSR count). The Morgan fingerprint density at radius 3 is 2.65 bits per heavy atom. The van der Waals surface area contributed by atoms with Crippen molar-refractivity contribution in [2.45, 2.75) is 51.8 Å². The predicted molar refractivity (Wildman–Crippen MR) is 113 cm³/mol. The van der Waals surface area contributed by atoms with Crippen LogP contribution in [0.4, 0.5) is 4.79 Å². The molecule has 1 aliphatic rings. The van der Waals surface area contributed by atoms with Crippen molar-refractivity contribution in [1.82, 2.24) is 16.0 Å². The summed E-state index contributed by atoms with van der Waals surface area (Å²) in [5.41, 5.74) is 0.822. The van der Waals surface area contributed by atoms with Crippen molar-refractivity contribution in [2.75, 3.05) is 19.8 Å². The maximum atomic E-state index is 12.9. The average molecular weight is 434 g/mol. The number of amides is 3. The van der Waals surface area contributed by atoms with Gasteiger partial charge in [-0.2, -0.15) is 0 Å². The number of alkyl carbamates (subject to hydrolysis) is 1. The fourth-order valence-corrected chi connectivity index (χ4v) is 3.12. The van der Waals surface area contributed by atoms with E-state index in [1.165, 1.54) is 0 Å². The van der Waals surface area contributed by atoms with Crippen molar-refractivity contribution in [1.29, 1.82) is 0 Å². The van der Waals surface area contributed by atoms with Crippen LogP contribution in [-0.2, 0) is 30.5 Å². The van der Waals surface area contributed by atoms with Gasteiger partial charge in [0.1, 0.15) is 12.6 Å². The Morgan fingerprint density at radius 1 is 1.19 bits per heavy atom. The van der Waals surface area contributed by atoms with E-state index in [0.29, 0.717) is 26.1 Å². The highest BCUT2D eigenvalue weighted by atomic mass is 16.5. The van der Waals surface area contributed by atoms with E-state index in [1.54, 1.807) is 0 Å². The Bertz CT molecular complexity index is 753. The average Bonchev–Trinajstić information content (AvgIpc) is 2.75. The number of ether oxygens (including phenoxy) is 2. The normalized spacial score (nSPS) is 18.6. The number of nitrogens with one attached hydrogen (secondary N) is 3. The quantitative estimate of drug-likeness (QED) is 0.557. The maximum absolute atomic E-state index is 12.9. The fourth-order valence-electron chi connectivity index (χ4n) is 3.12. The first-order valence-electron chi connectivity index (χ1n) is 10.5. The maximum Gasteiger partial charge on any atom is 0.408 e. The van der Waals surface area contributed by atoms with E-state index in [4.69, 9.17) is 9.47 Å². The number of Topliss-reactive ketones (excluding diaryl/α,β-unsaturated/α-hetero) is 1. The van der Waals surface area contributed by atoms with Crippen LogP contribution < -0.4 is 16.0 Å². The number of hydrogen-bond donors (Lipinski definition) is 3. The van der Waals surface area contributed by atoms with E-state index >= 15 is 0 Å². The van der Waals surface area contributed by atoms with Gasteiger partial charge in [-0.15, -0.1) is 0 Å². The summed E-state index contributed by atoms with van der Waals surface area (Å²) in [5.74, 6) is -1.90. The highest BCUT2D eigenvalue weighted by Crippen LogP contribution is 2.09. The molecule has 1 heterocycles. The molecule has 1 fully saturated rings. The van der Waals surface area contributed by atoms with E-state index in [-0.39, 0.29) is 25.5 Å². The summed E-state index contributed by atoms with van der Waals surface area (Å²) in [6.07, 6.45) is 0.409. The van der Waals surface area contributed by atoms with Gasteiger partial charge in [0.25, 0.3) is 5.91 Å². The molecule has 0 aliphatic carbocycles. The van der Waals surface area contributed by atoms with Gasteiger partial charge < -0.3 is 25.4 Å². The molecule has 1 aromatic carbocycles. The van der Waals surface area contributed by atoms with Crippen molar-refractivity contribution in [3.63, 3.8) is 0 Å². The summed E-state index contributed by atoms with van der Waals surface area (Å²) in [5, 5.41) is 7.68. The van der Waals surface area contributed by atoms with Crippen molar-refractivity contribution < 1.29 is 28.7 Å².